The molecule has 1 heterocycles. The lowest BCUT2D eigenvalue weighted by Crippen LogP contribution is -2.59. The Kier molecular flexibility index (Phi) is 3.39. The molecular formula is C8H10F4N2O2. The molecule has 0 aromatic rings. The Bertz CT molecular complexity index is 308. The summed E-state index contributed by atoms with van der Waals surface area (Å²) in [6.45, 7) is -0.764. The normalized spacial score (nSPS) is 22.6. The molecule has 1 atom stereocenters. The second-order valence-corrected chi connectivity index (χ2v) is 3.55. The standard InChI is InChI=1S/C8H10F4N2O2/c1-4-6(16)14(2-5(15)13-4)3-8(11,12)7(9)10/h4,7H,2-3H2,1H3,(H,13,15). The van der Waals surface area contributed by atoms with Crippen molar-refractivity contribution >= 4 is 11.8 Å². The SMILES string of the molecule is CC1NC(=O)CN(CC(F)(F)C(F)F)C1=O. The minimum absolute atomic E-state index is 0.440. The molecule has 0 aromatic carbocycles. The van der Waals surface area contributed by atoms with Crippen LogP contribution in [0.15, 0.2) is 0 Å². The maximum absolute atomic E-state index is 12.7. The first-order chi connectivity index (χ1) is 7.24. The van der Waals surface area contributed by atoms with Crippen molar-refractivity contribution in [2.45, 2.75) is 25.3 Å². The molecule has 1 aliphatic rings. The first kappa shape index (κ1) is 12.7. The Morgan fingerprint density at radius 2 is 2.06 bits per heavy atom. The zero-order valence-electron chi connectivity index (χ0n) is 8.34. The second-order valence-electron chi connectivity index (χ2n) is 3.55. The van der Waals surface area contributed by atoms with Gasteiger partial charge >= 0.3 is 12.3 Å². The lowest BCUT2D eigenvalue weighted by atomic mass is 10.2. The predicted molar refractivity (Wildman–Crippen MR) is 45.1 cm³/mol. The number of piperazine rings is 1. The fraction of sp³-hybridized carbons (Fsp3) is 0.750. The molecule has 1 N–H and O–H groups in total. The van der Waals surface area contributed by atoms with Crippen molar-refractivity contribution in [3.8, 4) is 0 Å². The number of amides is 2. The molecule has 4 nitrogen and oxygen atoms in total. The average molecular weight is 242 g/mol. The number of nitrogens with one attached hydrogen (secondary N) is 1. The molecule has 0 saturated carbocycles. The van der Waals surface area contributed by atoms with E-state index < -0.39 is 43.3 Å². The van der Waals surface area contributed by atoms with E-state index in [0.29, 0.717) is 4.90 Å². The molecule has 92 valence electrons. The minimum atomic E-state index is -4.30. The zero-order chi connectivity index (χ0) is 12.5. The molecule has 1 unspecified atom stereocenters. The van der Waals surface area contributed by atoms with Gasteiger partial charge in [-0.05, 0) is 6.92 Å². The van der Waals surface area contributed by atoms with Crippen molar-refractivity contribution in [1.82, 2.24) is 10.2 Å². The molecule has 8 heteroatoms. The maximum atomic E-state index is 12.7. The number of carbonyl (C=O) groups is 2. The molecular weight excluding hydrogens is 232 g/mol. The Labute approximate surface area is 88.6 Å². The number of hydrogen-bond acceptors (Lipinski definition) is 2. The fourth-order valence-corrected chi connectivity index (χ4v) is 1.33. The van der Waals surface area contributed by atoms with Crippen LogP contribution in [0.3, 0.4) is 0 Å². The molecule has 1 rings (SSSR count). The highest BCUT2D eigenvalue weighted by Gasteiger charge is 2.45. The molecule has 1 aliphatic heterocycles. The van der Waals surface area contributed by atoms with E-state index in [4.69, 9.17) is 0 Å². The van der Waals surface area contributed by atoms with Gasteiger partial charge in [0.1, 0.15) is 6.04 Å². The molecule has 1 fully saturated rings. The molecule has 0 aromatic heterocycles. The number of rotatable bonds is 3. The molecule has 1 saturated heterocycles. The Hall–Kier alpha value is -1.34. The van der Waals surface area contributed by atoms with Crippen LogP contribution in [0.2, 0.25) is 0 Å². The van der Waals surface area contributed by atoms with Crippen LogP contribution in [0.5, 0.6) is 0 Å². The van der Waals surface area contributed by atoms with E-state index in [1.165, 1.54) is 6.92 Å². The van der Waals surface area contributed by atoms with Gasteiger partial charge in [-0.3, -0.25) is 9.59 Å². The predicted octanol–water partition coefficient (Wildman–Crippen LogP) is 0.234. The van der Waals surface area contributed by atoms with Gasteiger partial charge in [0.05, 0.1) is 13.1 Å². The summed E-state index contributed by atoms with van der Waals surface area (Å²) in [6.07, 6.45) is -3.86. The molecule has 16 heavy (non-hydrogen) atoms. The van der Waals surface area contributed by atoms with Crippen LogP contribution >= 0.6 is 0 Å². The van der Waals surface area contributed by atoms with Gasteiger partial charge in [-0.25, -0.2) is 8.78 Å². The van der Waals surface area contributed by atoms with Crippen LogP contribution < -0.4 is 5.32 Å². The van der Waals surface area contributed by atoms with Crippen molar-refractivity contribution < 1.29 is 27.2 Å². The fourth-order valence-electron chi connectivity index (χ4n) is 1.33. The highest BCUT2D eigenvalue weighted by Crippen LogP contribution is 2.24. The van der Waals surface area contributed by atoms with Crippen LogP contribution in [0.25, 0.3) is 0 Å². The van der Waals surface area contributed by atoms with E-state index in [-0.39, 0.29) is 0 Å². The van der Waals surface area contributed by atoms with Crippen LogP contribution in [0.1, 0.15) is 6.92 Å². The Morgan fingerprint density at radius 1 is 1.50 bits per heavy atom. The van der Waals surface area contributed by atoms with Crippen molar-refractivity contribution in [3.63, 3.8) is 0 Å². The third-order valence-corrected chi connectivity index (χ3v) is 2.11. The second kappa shape index (κ2) is 4.26. The lowest BCUT2D eigenvalue weighted by Gasteiger charge is -2.32. The third-order valence-electron chi connectivity index (χ3n) is 2.11. The van der Waals surface area contributed by atoms with Crippen LogP contribution in [0.4, 0.5) is 17.6 Å². The summed E-state index contributed by atoms with van der Waals surface area (Å²) in [5, 5.41) is 2.21. The van der Waals surface area contributed by atoms with Gasteiger partial charge in [-0.15, -0.1) is 0 Å². The summed E-state index contributed by atoms with van der Waals surface area (Å²) >= 11 is 0. The van der Waals surface area contributed by atoms with E-state index in [1.54, 1.807) is 0 Å². The number of hydrogen-bond donors (Lipinski definition) is 1. The summed E-state index contributed by atoms with van der Waals surface area (Å²) < 4.78 is 49.2. The lowest BCUT2D eigenvalue weighted by molar-refractivity contribution is -0.163. The average Bonchev–Trinajstić information content (AvgIpc) is 2.12. The van der Waals surface area contributed by atoms with Crippen LogP contribution in [-0.2, 0) is 9.59 Å². The highest BCUT2D eigenvalue weighted by molar-refractivity contribution is 5.94. The van der Waals surface area contributed by atoms with E-state index >= 15 is 0 Å². The van der Waals surface area contributed by atoms with E-state index in [9.17, 15) is 27.2 Å². The van der Waals surface area contributed by atoms with E-state index in [1.807, 2.05) is 0 Å². The maximum Gasteiger partial charge on any atom is 0.324 e. The topological polar surface area (TPSA) is 49.4 Å². The Balaban J connectivity index is 2.72. The van der Waals surface area contributed by atoms with Gasteiger partial charge in [-0.1, -0.05) is 0 Å². The number of halogens is 4. The minimum Gasteiger partial charge on any atom is -0.343 e. The van der Waals surface area contributed by atoms with Gasteiger partial charge in [0.15, 0.2) is 0 Å². The highest BCUT2D eigenvalue weighted by atomic mass is 19.3. The smallest absolute Gasteiger partial charge is 0.324 e. The van der Waals surface area contributed by atoms with Gasteiger partial charge in [-0.2, -0.15) is 8.78 Å². The van der Waals surface area contributed by atoms with Crippen molar-refractivity contribution in [3.05, 3.63) is 0 Å². The van der Waals surface area contributed by atoms with Crippen LogP contribution in [-0.4, -0.2) is 48.2 Å². The summed E-state index contributed by atoms with van der Waals surface area (Å²) in [7, 11) is 0. The van der Waals surface area contributed by atoms with E-state index in [0.717, 1.165) is 0 Å². The molecule has 0 radical (unpaired) electrons. The number of alkyl halides is 4. The first-order valence-electron chi connectivity index (χ1n) is 4.48. The first-order valence-corrected chi connectivity index (χ1v) is 4.48. The monoisotopic (exact) mass is 242 g/mol. The number of nitrogens with zero attached hydrogens (tertiary/aromatic N) is 1. The van der Waals surface area contributed by atoms with Gasteiger partial charge in [0, 0.05) is 0 Å². The largest absolute Gasteiger partial charge is 0.343 e. The quantitative estimate of drug-likeness (QED) is 0.720. The molecule has 2 amide bonds. The molecule has 0 aliphatic carbocycles. The van der Waals surface area contributed by atoms with Gasteiger partial charge < -0.3 is 10.2 Å². The summed E-state index contributed by atoms with van der Waals surface area (Å²) in [6, 6.07) is -0.963. The summed E-state index contributed by atoms with van der Waals surface area (Å²) in [5.74, 6) is -5.73. The van der Waals surface area contributed by atoms with E-state index in [2.05, 4.69) is 5.32 Å². The van der Waals surface area contributed by atoms with Crippen molar-refractivity contribution in [2.24, 2.45) is 0 Å². The molecule has 0 bridgehead atoms. The summed E-state index contributed by atoms with van der Waals surface area (Å²) in [4.78, 5) is 22.7. The van der Waals surface area contributed by atoms with Crippen LogP contribution in [0, 0.1) is 0 Å². The van der Waals surface area contributed by atoms with Crippen molar-refractivity contribution in [2.75, 3.05) is 13.1 Å². The Morgan fingerprint density at radius 3 is 2.56 bits per heavy atom. The van der Waals surface area contributed by atoms with Gasteiger partial charge in [0.25, 0.3) is 0 Å². The van der Waals surface area contributed by atoms with Gasteiger partial charge in [0.2, 0.25) is 11.8 Å². The van der Waals surface area contributed by atoms with Crippen molar-refractivity contribution in [1.29, 1.82) is 0 Å². The molecule has 0 spiro atoms. The third kappa shape index (κ3) is 2.61. The summed E-state index contributed by atoms with van der Waals surface area (Å²) in [5.41, 5.74) is 0. The number of carbonyl (C=O) groups excluding carboxylic acids is 2. The zero-order valence-corrected chi connectivity index (χ0v) is 8.34.